The SMILES string of the molecule is O=C(CCn1ccc2ccccc21)N1CCN(S(=O)(=O)c2c(Cl)cccc2Cl)CC1. The van der Waals surface area contributed by atoms with Crippen molar-refractivity contribution < 1.29 is 13.2 Å². The molecule has 3 aromatic rings. The quantitative estimate of drug-likeness (QED) is 0.574. The van der Waals surface area contributed by atoms with Crippen molar-refractivity contribution in [2.75, 3.05) is 26.2 Å². The van der Waals surface area contributed by atoms with Gasteiger partial charge in [-0.1, -0.05) is 47.5 Å². The fraction of sp³-hybridized carbons (Fsp3) is 0.286. The molecule has 1 aromatic heterocycles. The second-order valence-corrected chi connectivity index (χ2v) is 9.84. The standard InChI is InChI=1S/C21H21Cl2N3O3S/c22-17-5-3-6-18(23)21(17)30(28,29)26-14-12-25(13-15-26)20(27)9-11-24-10-8-16-4-1-2-7-19(16)24/h1-8,10H,9,11-15H2. The number of hydrogen-bond acceptors (Lipinski definition) is 3. The molecule has 158 valence electrons. The Morgan fingerprint density at radius 3 is 2.27 bits per heavy atom. The zero-order valence-electron chi connectivity index (χ0n) is 16.2. The minimum absolute atomic E-state index is 0.0144. The second-order valence-electron chi connectivity index (χ2n) is 7.15. The highest BCUT2D eigenvalue weighted by Crippen LogP contribution is 2.32. The fourth-order valence-electron chi connectivity index (χ4n) is 3.75. The van der Waals surface area contributed by atoms with Crippen LogP contribution in [0, 0.1) is 0 Å². The van der Waals surface area contributed by atoms with Gasteiger partial charge in [0.1, 0.15) is 4.90 Å². The molecule has 0 spiro atoms. The number of para-hydroxylation sites is 1. The number of rotatable bonds is 5. The number of fused-ring (bicyclic) bond motifs is 1. The van der Waals surface area contributed by atoms with Crippen LogP contribution in [0.1, 0.15) is 6.42 Å². The minimum Gasteiger partial charge on any atom is -0.347 e. The number of carbonyl (C=O) groups is 1. The lowest BCUT2D eigenvalue weighted by Crippen LogP contribution is -2.50. The van der Waals surface area contributed by atoms with Crippen molar-refractivity contribution >= 4 is 50.0 Å². The van der Waals surface area contributed by atoms with Crippen LogP contribution in [-0.2, 0) is 21.4 Å². The lowest BCUT2D eigenvalue weighted by molar-refractivity contribution is -0.132. The number of aromatic nitrogens is 1. The van der Waals surface area contributed by atoms with E-state index in [2.05, 4.69) is 4.57 Å². The van der Waals surface area contributed by atoms with Gasteiger partial charge in [-0.3, -0.25) is 4.79 Å². The summed E-state index contributed by atoms with van der Waals surface area (Å²) >= 11 is 12.2. The molecule has 1 aliphatic heterocycles. The first-order valence-corrected chi connectivity index (χ1v) is 11.8. The number of hydrogen-bond donors (Lipinski definition) is 0. The lowest BCUT2D eigenvalue weighted by atomic mass is 10.2. The van der Waals surface area contributed by atoms with Gasteiger partial charge in [0.05, 0.1) is 10.0 Å². The molecule has 6 nitrogen and oxygen atoms in total. The lowest BCUT2D eigenvalue weighted by Gasteiger charge is -2.34. The number of amides is 1. The zero-order valence-corrected chi connectivity index (χ0v) is 18.5. The van der Waals surface area contributed by atoms with Crippen molar-refractivity contribution in [3.63, 3.8) is 0 Å². The summed E-state index contributed by atoms with van der Waals surface area (Å²) in [6.45, 7) is 1.68. The number of benzene rings is 2. The summed E-state index contributed by atoms with van der Waals surface area (Å²) in [5.41, 5.74) is 1.10. The van der Waals surface area contributed by atoms with E-state index >= 15 is 0 Å². The molecular formula is C21H21Cl2N3O3S. The van der Waals surface area contributed by atoms with Gasteiger partial charge in [0.2, 0.25) is 15.9 Å². The molecule has 0 bridgehead atoms. The topological polar surface area (TPSA) is 62.6 Å². The van der Waals surface area contributed by atoms with E-state index in [0.29, 0.717) is 26.1 Å². The Bertz CT molecular complexity index is 1160. The molecule has 2 heterocycles. The second kappa shape index (κ2) is 8.59. The molecule has 30 heavy (non-hydrogen) atoms. The van der Waals surface area contributed by atoms with Crippen LogP contribution in [0.2, 0.25) is 10.0 Å². The van der Waals surface area contributed by atoms with Gasteiger partial charge >= 0.3 is 0 Å². The van der Waals surface area contributed by atoms with Gasteiger partial charge in [-0.2, -0.15) is 4.31 Å². The van der Waals surface area contributed by atoms with Crippen molar-refractivity contribution in [3.05, 3.63) is 64.8 Å². The summed E-state index contributed by atoms with van der Waals surface area (Å²) in [7, 11) is -3.82. The van der Waals surface area contributed by atoms with Crippen LogP contribution in [0.3, 0.4) is 0 Å². The number of carbonyl (C=O) groups excluding carboxylic acids is 1. The Kier molecular flexibility index (Phi) is 6.06. The summed E-state index contributed by atoms with van der Waals surface area (Å²) < 4.78 is 29.3. The van der Waals surface area contributed by atoms with E-state index in [1.807, 2.05) is 36.5 Å². The third kappa shape index (κ3) is 4.07. The van der Waals surface area contributed by atoms with E-state index in [1.165, 1.54) is 16.4 Å². The zero-order chi connectivity index (χ0) is 21.3. The minimum atomic E-state index is -3.82. The first kappa shape index (κ1) is 21.2. The summed E-state index contributed by atoms with van der Waals surface area (Å²) in [5, 5.41) is 1.34. The Morgan fingerprint density at radius 1 is 0.900 bits per heavy atom. The van der Waals surface area contributed by atoms with E-state index in [1.54, 1.807) is 11.0 Å². The molecule has 0 radical (unpaired) electrons. The Hall–Kier alpha value is -2.06. The largest absolute Gasteiger partial charge is 0.347 e. The van der Waals surface area contributed by atoms with E-state index in [9.17, 15) is 13.2 Å². The Labute approximate surface area is 185 Å². The smallest absolute Gasteiger partial charge is 0.246 e. The Morgan fingerprint density at radius 2 is 1.57 bits per heavy atom. The number of nitrogens with zero attached hydrogens (tertiary/aromatic N) is 3. The summed E-state index contributed by atoms with van der Waals surface area (Å²) in [6, 6.07) is 14.7. The van der Waals surface area contributed by atoms with Gasteiger partial charge in [0, 0.05) is 50.9 Å². The van der Waals surface area contributed by atoms with Gasteiger partial charge in [0.25, 0.3) is 0 Å². The highest BCUT2D eigenvalue weighted by Gasteiger charge is 2.32. The molecule has 1 saturated heterocycles. The van der Waals surface area contributed by atoms with E-state index in [-0.39, 0.29) is 33.9 Å². The van der Waals surface area contributed by atoms with Crippen molar-refractivity contribution in [3.8, 4) is 0 Å². The highest BCUT2D eigenvalue weighted by atomic mass is 35.5. The monoisotopic (exact) mass is 465 g/mol. The molecule has 1 fully saturated rings. The van der Waals surface area contributed by atoms with Crippen molar-refractivity contribution in [2.45, 2.75) is 17.9 Å². The number of halogens is 2. The summed E-state index contributed by atoms with van der Waals surface area (Å²) in [5.74, 6) is 0.0144. The van der Waals surface area contributed by atoms with Crippen molar-refractivity contribution in [1.29, 1.82) is 0 Å². The molecule has 1 aliphatic rings. The van der Waals surface area contributed by atoms with Gasteiger partial charge in [-0.25, -0.2) is 8.42 Å². The molecule has 2 aromatic carbocycles. The molecule has 1 amide bonds. The summed E-state index contributed by atoms with van der Waals surface area (Å²) in [6.07, 6.45) is 2.34. The van der Waals surface area contributed by atoms with Gasteiger partial charge in [-0.05, 0) is 29.7 Å². The van der Waals surface area contributed by atoms with Crippen LogP contribution in [0.4, 0.5) is 0 Å². The number of aryl methyl sites for hydroxylation is 1. The van der Waals surface area contributed by atoms with E-state index < -0.39 is 10.0 Å². The third-order valence-electron chi connectivity index (χ3n) is 5.35. The molecule has 0 unspecified atom stereocenters. The van der Waals surface area contributed by atoms with Crippen LogP contribution in [0.5, 0.6) is 0 Å². The van der Waals surface area contributed by atoms with E-state index in [0.717, 1.165) is 10.9 Å². The molecule has 9 heteroatoms. The van der Waals surface area contributed by atoms with Crippen LogP contribution < -0.4 is 0 Å². The average Bonchev–Trinajstić information content (AvgIpc) is 3.15. The number of sulfonamides is 1. The average molecular weight is 466 g/mol. The predicted molar refractivity (Wildman–Crippen MR) is 118 cm³/mol. The van der Waals surface area contributed by atoms with Crippen LogP contribution in [0.15, 0.2) is 59.6 Å². The van der Waals surface area contributed by atoms with Gasteiger partial charge in [-0.15, -0.1) is 0 Å². The normalized spacial score (nSPS) is 15.6. The number of piperazine rings is 1. The summed E-state index contributed by atoms with van der Waals surface area (Å²) in [4.78, 5) is 14.3. The predicted octanol–water partition coefficient (Wildman–Crippen LogP) is 3.87. The van der Waals surface area contributed by atoms with Gasteiger partial charge < -0.3 is 9.47 Å². The highest BCUT2D eigenvalue weighted by molar-refractivity contribution is 7.89. The first-order chi connectivity index (χ1) is 14.4. The van der Waals surface area contributed by atoms with Gasteiger partial charge in [0.15, 0.2) is 0 Å². The third-order valence-corrected chi connectivity index (χ3v) is 8.21. The fourth-order valence-corrected chi connectivity index (χ4v) is 6.26. The maximum atomic E-state index is 13.0. The van der Waals surface area contributed by atoms with Crippen LogP contribution in [-0.4, -0.2) is 54.3 Å². The molecule has 0 saturated carbocycles. The molecule has 0 aliphatic carbocycles. The Balaban J connectivity index is 1.37. The molecule has 0 atom stereocenters. The maximum absolute atomic E-state index is 13.0. The van der Waals surface area contributed by atoms with Crippen molar-refractivity contribution in [2.24, 2.45) is 0 Å². The molecular weight excluding hydrogens is 445 g/mol. The first-order valence-electron chi connectivity index (χ1n) is 9.64. The molecule has 4 rings (SSSR count). The van der Waals surface area contributed by atoms with E-state index in [4.69, 9.17) is 23.2 Å². The van der Waals surface area contributed by atoms with Crippen LogP contribution >= 0.6 is 23.2 Å². The van der Waals surface area contributed by atoms with Crippen LogP contribution in [0.25, 0.3) is 10.9 Å². The maximum Gasteiger partial charge on any atom is 0.246 e. The molecule has 0 N–H and O–H groups in total. The van der Waals surface area contributed by atoms with Crippen molar-refractivity contribution in [1.82, 2.24) is 13.8 Å².